The van der Waals surface area contributed by atoms with Crippen molar-refractivity contribution in [3.63, 3.8) is 0 Å². The van der Waals surface area contributed by atoms with Gasteiger partial charge in [0.15, 0.2) is 0 Å². The molecule has 0 aromatic heterocycles. The highest BCUT2D eigenvalue weighted by Crippen LogP contribution is 2.47. The Kier molecular flexibility index (Phi) is 4.73. The Morgan fingerprint density at radius 2 is 0.885 bits per heavy atom. The lowest BCUT2D eigenvalue weighted by atomic mass is 9.81. The zero-order valence-electron chi connectivity index (χ0n) is 14.3. The van der Waals surface area contributed by atoms with Crippen LogP contribution in [0.3, 0.4) is 0 Å². The first-order chi connectivity index (χ1) is 12.8. The van der Waals surface area contributed by atoms with Gasteiger partial charge in [0.1, 0.15) is 4.32 Å². The van der Waals surface area contributed by atoms with Gasteiger partial charge in [0.25, 0.3) is 0 Å². The lowest BCUT2D eigenvalue weighted by Crippen LogP contribution is -2.22. The Labute approximate surface area is 163 Å². The van der Waals surface area contributed by atoms with Gasteiger partial charge in [0.2, 0.25) is 0 Å². The van der Waals surface area contributed by atoms with Crippen molar-refractivity contribution in [2.45, 2.75) is 4.32 Å². The molecule has 0 nitrogen and oxygen atoms in total. The Morgan fingerprint density at radius 1 is 0.462 bits per heavy atom. The van der Waals surface area contributed by atoms with Crippen molar-refractivity contribution in [2.75, 3.05) is 0 Å². The number of halogens is 1. The summed E-state index contributed by atoms with van der Waals surface area (Å²) < 4.78 is -0.415. The number of hydrogen-bond donors (Lipinski definition) is 0. The zero-order chi connectivity index (χ0) is 17.8. The minimum absolute atomic E-state index is 0.415. The number of benzene rings is 4. The normalized spacial score (nSPS) is 11.3. The summed E-state index contributed by atoms with van der Waals surface area (Å²) in [6.45, 7) is 0. The minimum Gasteiger partial charge on any atom is -0.0695 e. The second kappa shape index (κ2) is 7.31. The second-order valence-corrected chi connectivity index (χ2v) is 7.49. The maximum atomic E-state index is 4.16. The number of alkyl halides is 1. The van der Waals surface area contributed by atoms with Crippen LogP contribution in [0.1, 0.15) is 16.7 Å². The van der Waals surface area contributed by atoms with Gasteiger partial charge in [-0.2, -0.15) is 0 Å². The van der Waals surface area contributed by atoms with Crippen LogP contribution in [-0.4, -0.2) is 0 Å². The number of hydrogen-bond acceptors (Lipinski definition) is 0. The van der Waals surface area contributed by atoms with E-state index in [1.165, 1.54) is 27.8 Å². The van der Waals surface area contributed by atoms with Crippen LogP contribution >= 0.6 is 15.9 Å². The summed E-state index contributed by atoms with van der Waals surface area (Å²) in [5.41, 5.74) is 6.13. The van der Waals surface area contributed by atoms with Crippen molar-refractivity contribution in [3.05, 3.63) is 132 Å². The molecule has 126 valence electrons. The van der Waals surface area contributed by atoms with Gasteiger partial charge in [-0.05, 0) is 27.8 Å². The summed E-state index contributed by atoms with van der Waals surface area (Å²) in [6.07, 6.45) is 0. The van der Waals surface area contributed by atoms with Crippen molar-refractivity contribution in [1.29, 1.82) is 0 Å². The lowest BCUT2D eigenvalue weighted by molar-refractivity contribution is 0.919. The van der Waals surface area contributed by atoms with Gasteiger partial charge in [-0.1, -0.05) is 131 Å². The van der Waals surface area contributed by atoms with E-state index >= 15 is 0 Å². The standard InChI is InChI=1S/C25H19Br/c26-25(21-14-6-2-7-15-21,22-16-8-3-9-17-22)24-19-11-10-18-23(24)20-12-4-1-5-13-20/h1-19H. The van der Waals surface area contributed by atoms with E-state index in [4.69, 9.17) is 0 Å². The molecule has 0 spiro atoms. The van der Waals surface area contributed by atoms with Crippen LogP contribution in [0, 0.1) is 0 Å². The summed E-state index contributed by atoms with van der Waals surface area (Å²) in [5, 5.41) is 0. The van der Waals surface area contributed by atoms with Crippen LogP contribution < -0.4 is 0 Å². The second-order valence-electron chi connectivity index (χ2n) is 6.30. The average molecular weight is 399 g/mol. The quantitative estimate of drug-likeness (QED) is 0.255. The Hall–Kier alpha value is -2.64. The molecule has 0 bridgehead atoms. The summed E-state index contributed by atoms with van der Waals surface area (Å²) in [7, 11) is 0. The number of rotatable bonds is 4. The van der Waals surface area contributed by atoms with Gasteiger partial charge in [-0.3, -0.25) is 0 Å². The van der Waals surface area contributed by atoms with Crippen LogP contribution in [0.5, 0.6) is 0 Å². The fourth-order valence-corrected chi connectivity index (χ4v) is 4.34. The highest BCUT2D eigenvalue weighted by Gasteiger charge is 2.35. The Bertz CT molecular complexity index is 937. The molecule has 0 aliphatic heterocycles. The fraction of sp³-hybridized carbons (Fsp3) is 0.0400. The molecule has 4 rings (SSSR count). The molecular formula is C25H19Br. The summed E-state index contributed by atoms with van der Waals surface area (Å²) in [5.74, 6) is 0. The van der Waals surface area contributed by atoms with Gasteiger partial charge >= 0.3 is 0 Å². The third-order valence-corrected chi connectivity index (χ3v) is 6.07. The van der Waals surface area contributed by atoms with Crippen molar-refractivity contribution in [1.82, 2.24) is 0 Å². The van der Waals surface area contributed by atoms with Gasteiger partial charge in [-0.25, -0.2) is 0 Å². The van der Waals surface area contributed by atoms with E-state index in [0.29, 0.717) is 0 Å². The zero-order valence-corrected chi connectivity index (χ0v) is 15.9. The first-order valence-corrected chi connectivity index (χ1v) is 9.54. The van der Waals surface area contributed by atoms with E-state index in [-0.39, 0.29) is 0 Å². The lowest BCUT2D eigenvalue weighted by Gasteiger charge is -2.31. The molecule has 0 atom stereocenters. The monoisotopic (exact) mass is 398 g/mol. The molecule has 0 unspecified atom stereocenters. The van der Waals surface area contributed by atoms with Crippen LogP contribution in [0.4, 0.5) is 0 Å². The molecule has 26 heavy (non-hydrogen) atoms. The largest absolute Gasteiger partial charge is 0.101 e. The summed E-state index contributed by atoms with van der Waals surface area (Å²) in [6, 6.07) is 40.5. The van der Waals surface area contributed by atoms with Crippen molar-refractivity contribution >= 4 is 15.9 Å². The molecule has 0 saturated heterocycles. The molecule has 0 heterocycles. The molecule has 4 aromatic rings. The van der Waals surface area contributed by atoms with Crippen LogP contribution in [-0.2, 0) is 4.32 Å². The third-order valence-electron chi connectivity index (χ3n) is 4.73. The first kappa shape index (κ1) is 16.8. The fourth-order valence-electron chi connectivity index (χ4n) is 3.47. The van der Waals surface area contributed by atoms with E-state index in [1.807, 2.05) is 0 Å². The van der Waals surface area contributed by atoms with Crippen LogP contribution in [0.25, 0.3) is 11.1 Å². The highest BCUT2D eigenvalue weighted by molar-refractivity contribution is 9.10. The van der Waals surface area contributed by atoms with E-state index < -0.39 is 4.32 Å². The molecule has 0 saturated carbocycles. The molecule has 0 radical (unpaired) electrons. The third kappa shape index (κ3) is 3.00. The van der Waals surface area contributed by atoms with Crippen molar-refractivity contribution in [3.8, 4) is 11.1 Å². The molecule has 0 N–H and O–H groups in total. The SMILES string of the molecule is BrC(c1ccccc1)(c1ccccc1)c1ccccc1-c1ccccc1. The Balaban J connectivity index is 2.01. The van der Waals surface area contributed by atoms with Gasteiger partial charge in [0, 0.05) is 0 Å². The predicted molar refractivity (Wildman–Crippen MR) is 114 cm³/mol. The predicted octanol–water partition coefficient (Wildman–Crippen LogP) is 7.04. The maximum Gasteiger partial charge on any atom is 0.101 e. The topological polar surface area (TPSA) is 0 Å². The summed E-state index contributed by atoms with van der Waals surface area (Å²) in [4.78, 5) is 0. The smallest absolute Gasteiger partial charge is 0.0695 e. The molecular weight excluding hydrogens is 380 g/mol. The van der Waals surface area contributed by atoms with E-state index in [1.54, 1.807) is 0 Å². The molecule has 0 fully saturated rings. The molecule has 0 aliphatic rings. The average Bonchev–Trinajstić information content (AvgIpc) is 2.75. The molecule has 0 amide bonds. The highest BCUT2D eigenvalue weighted by atomic mass is 79.9. The Morgan fingerprint density at radius 3 is 1.42 bits per heavy atom. The summed E-state index contributed by atoms with van der Waals surface area (Å²) >= 11 is 4.16. The van der Waals surface area contributed by atoms with Crippen molar-refractivity contribution in [2.24, 2.45) is 0 Å². The molecule has 4 aromatic carbocycles. The van der Waals surface area contributed by atoms with Crippen molar-refractivity contribution < 1.29 is 0 Å². The van der Waals surface area contributed by atoms with Gasteiger partial charge in [-0.15, -0.1) is 0 Å². The minimum atomic E-state index is -0.415. The van der Waals surface area contributed by atoms with Crippen LogP contribution in [0.15, 0.2) is 115 Å². The molecule has 0 aliphatic carbocycles. The van der Waals surface area contributed by atoms with E-state index in [9.17, 15) is 0 Å². The first-order valence-electron chi connectivity index (χ1n) is 8.75. The maximum absolute atomic E-state index is 4.16. The van der Waals surface area contributed by atoms with E-state index in [0.717, 1.165) is 0 Å². The van der Waals surface area contributed by atoms with Gasteiger partial charge in [0.05, 0.1) is 0 Å². The van der Waals surface area contributed by atoms with Gasteiger partial charge < -0.3 is 0 Å². The van der Waals surface area contributed by atoms with E-state index in [2.05, 4.69) is 131 Å². The van der Waals surface area contributed by atoms with Crippen LogP contribution in [0.2, 0.25) is 0 Å². The molecule has 1 heteroatoms.